The smallest absolute Gasteiger partial charge is 0.0172 e. The van der Waals surface area contributed by atoms with Gasteiger partial charge in [-0.25, -0.2) is 0 Å². The zero-order valence-corrected chi connectivity index (χ0v) is 10.1. The van der Waals surface area contributed by atoms with E-state index in [2.05, 4.69) is 37.9 Å². The summed E-state index contributed by atoms with van der Waals surface area (Å²) in [5.74, 6) is 0. The average Bonchev–Trinajstić information content (AvgIpc) is 2.10. The van der Waals surface area contributed by atoms with Gasteiger partial charge in [-0.15, -0.1) is 12.4 Å². The molecule has 0 N–H and O–H groups in total. The van der Waals surface area contributed by atoms with Crippen LogP contribution in [0.2, 0.25) is 0 Å². The second-order valence-corrected chi connectivity index (χ2v) is 3.23. The molecular weight excluding hydrogens is 182 g/mol. The third-order valence-corrected chi connectivity index (χ3v) is 1.96. The number of hydrogen-bond acceptors (Lipinski definition) is 1. The van der Waals surface area contributed by atoms with Crippen molar-refractivity contribution in [2.75, 3.05) is 13.1 Å². The van der Waals surface area contributed by atoms with Gasteiger partial charge in [-0.2, -0.15) is 0 Å². The fourth-order valence-electron chi connectivity index (χ4n) is 1.19. The van der Waals surface area contributed by atoms with Crippen molar-refractivity contribution in [1.82, 2.24) is 4.90 Å². The molecule has 1 nitrogen and oxygen atoms in total. The third-order valence-electron chi connectivity index (χ3n) is 1.96. The largest absolute Gasteiger partial charge is 0.378 e. The van der Waals surface area contributed by atoms with Crippen molar-refractivity contribution in [3.8, 4) is 0 Å². The van der Waals surface area contributed by atoms with Crippen molar-refractivity contribution in [1.29, 1.82) is 0 Å². The Morgan fingerprint density at radius 1 is 1.00 bits per heavy atom. The minimum Gasteiger partial charge on any atom is -0.378 e. The summed E-state index contributed by atoms with van der Waals surface area (Å²) in [5, 5.41) is 0. The summed E-state index contributed by atoms with van der Waals surface area (Å²) in [4.78, 5) is 2.42. The first-order valence-electron chi connectivity index (χ1n) is 5.22. The van der Waals surface area contributed by atoms with Crippen LogP contribution in [0.5, 0.6) is 0 Å². The van der Waals surface area contributed by atoms with E-state index in [1.807, 2.05) is 0 Å². The summed E-state index contributed by atoms with van der Waals surface area (Å²) >= 11 is 0. The van der Waals surface area contributed by atoms with Crippen LogP contribution in [0.3, 0.4) is 0 Å². The molecule has 0 atom stereocenters. The van der Waals surface area contributed by atoms with E-state index in [0.29, 0.717) is 0 Å². The molecule has 2 heteroatoms. The maximum Gasteiger partial charge on any atom is 0.0172 e. The Bertz CT molecular complexity index is 105. The lowest BCUT2D eigenvalue weighted by atomic mass is 10.3. The molecular formula is C11H24ClN. The summed E-state index contributed by atoms with van der Waals surface area (Å²) < 4.78 is 0. The number of rotatable bonds is 7. The van der Waals surface area contributed by atoms with Gasteiger partial charge in [-0.1, -0.05) is 32.8 Å². The Balaban J connectivity index is 0. The standard InChI is InChI=1S/C11H23N.ClH/c1-4-7-10-12(9-6-3)11-8-5-2;/h6,9H,4-5,7-8,10-11H2,1-3H3;1H/b9-6-;. The van der Waals surface area contributed by atoms with Crippen LogP contribution in [-0.2, 0) is 0 Å². The SMILES string of the molecule is C/C=C\N(CCCC)CCCC.Cl. The molecule has 80 valence electrons. The Morgan fingerprint density at radius 3 is 1.77 bits per heavy atom. The van der Waals surface area contributed by atoms with Gasteiger partial charge in [-0.3, -0.25) is 0 Å². The molecule has 0 radical (unpaired) electrons. The van der Waals surface area contributed by atoms with Crippen molar-refractivity contribution < 1.29 is 0 Å². The molecule has 0 aromatic carbocycles. The number of allylic oxidation sites excluding steroid dienone is 1. The summed E-state index contributed by atoms with van der Waals surface area (Å²) in [5.41, 5.74) is 0. The maximum absolute atomic E-state index is 2.42. The first-order valence-corrected chi connectivity index (χ1v) is 5.22. The predicted octanol–water partition coefficient (Wildman–Crippen LogP) is 3.84. The van der Waals surface area contributed by atoms with Gasteiger partial charge < -0.3 is 4.90 Å². The predicted molar refractivity (Wildman–Crippen MR) is 63.5 cm³/mol. The number of unbranched alkanes of at least 4 members (excludes halogenated alkanes) is 2. The summed E-state index contributed by atoms with van der Waals surface area (Å²) in [6.07, 6.45) is 9.55. The van der Waals surface area contributed by atoms with E-state index in [9.17, 15) is 0 Å². The maximum atomic E-state index is 2.42. The van der Waals surface area contributed by atoms with Gasteiger partial charge in [0.15, 0.2) is 0 Å². The van der Waals surface area contributed by atoms with Crippen molar-refractivity contribution in [3.05, 3.63) is 12.3 Å². The van der Waals surface area contributed by atoms with E-state index in [4.69, 9.17) is 0 Å². The molecule has 0 aromatic rings. The summed E-state index contributed by atoms with van der Waals surface area (Å²) in [6, 6.07) is 0. The van der Waals surface area contributed by atoms with Crippen LogP contribution >= 0.6 is 12.4 Å². The van der Waals surface area contributed by atoms with Crippen molar-refractivity contribution >= 4 is 12.4 Å². The minimum absolute atomic E-state index is 0. The molecule has 0 aliphatic heterocycles. The van der Waals surface area contributed by atoms with Gasteiger partial charge >= 0.3 is 0 Å². The Hall–Kier alpha value is -0.170. The number of halogens is 1. The lowest BCUT2D eigenvalue weighted by molar-refractivity contribution is 0.359. The molecule has 0 saturated carbocycles. The van der Waals surface area contributed by atoms with Crippen LogP contribution in [0, 0.1) is 0 Å². The van der Waals surface area contributed by atoms with Crippen LogP contribution < -0.4 is 0 Å². The second-order valence-electron chi connectivity index (χ2n) is 3.23. The summed E-state index contributed by atoms with van der Waals surface area (Å²) in [6.45, 7) is 9.02. The van der Waals surface area contributed by atoms with Gasteiger partial charge in [-0.05, 0) is 26.0 Å². The van der Waals surface area contributed by atoms with E-state index < -0.39 is 0 Å². The molecule has 0 spiro atoms. The summed E-state index contributed by atoms with van der Waals surface area (Å²) in [7, 11) is 0. The molecule has 0 amide bonds. The van der Waals surface area contributed by atoms with Crippen molar-refractivity contribution in [3.63, 3.8) is 0 Å². The van der Waals surface area contributed by atoms with Gasteiger partial charge in [0.1, 0.15) is 0 Å². The van der Waals surface area contributed by atoms with E-state index in [-0.39, 0.29) is 12.4 Å². The Labute approximate surface area is 89.6 Å². The lowest BCUT2D eigenvalue weighted by Crippen LogP contribution is -2.19. The molecule has 0 unspecified atom stereocenters. The van der Waals surface area contributed by atoms with Gasteiger partial charge in [0.05, 0.1) is 0 Å². The second kappa shape index (κ2) is 11.8. The van der Waals surface area contributed by atoms with Crippen LogP contribution in [-0.4, -0.2) is 18.0 Å². The lowest BCUT2D eigenvalue weighted by Gasteiger charge is -2.19. The molecule has 13 heavy (non-hydrogen) atoms. The fraction of sp³-hybridized carbons (Fsp3) is 0.818. The van der Waals surface area contributed by atoms with Crippen molar-refractivity contribution in [2.24, 2.45) is 0 Å². The molecule has 0 fully saturated rings. The van der Waals surface area contributed by atoms with Crippen LogP contribution in [0.1, 0.15) is 46.5 Å². The molecule has 0 rings (SSSR count). The average molecular weight is 206 g/mol. The molecule has 0 saturated heterocycles. The zero-order chi connectivity index (χ0) is 9.23. The monoisotopic (exact) mass is 205 g/mol. The molecule has 0 aliphatic rings. The highest BCUT2D eigenvalue weighted by atomic mass is 35.5. The Kier molecular flexibility index (Phi) is 13.9. The molecule has 0 aliphatic carbocycles. The quantitative estimate of drug-likeness (QED) is 0.611. The Morgan fingerprint density at radius 2 is 1.46 bits per heavy atom. The van der Waals surface area contributed by atoms with E-state index in [1.165, 1.54) is 38.8 Å². The van der Waals surface area contributed by atoms with Crippen LogP contribution in [0.25, 0.3) is 0 Å². The van der Waals surface area contributed by atoms with E-state index >= 15 is 0 Å². The van der Waals surface area contributed by atoms with Crippen LogP contribution in [0.15, 0.2) is 12.3 Å². The molecule has 0 bridgehead atoms. The third kappa shape index (κ3) is 9.75. The van der Waals surface area contributed by atoms with Gasteiger partial charge in [0.25, 0.3) is 0 Å². The molecule has 0 aromatic heterocycles. The van der Waals surface area contributed by atoms with Crippen molar-refractivity contribution in [2.45, 2.75) is 46.5 Å². The highest BCUT2D eigenvalue weighted by molar-refractivity contribution is 5.85. The normalized spacial score (nSPS) is 10.1. The topological polar surface area (TPSA) is 3.24 Å². The first kappa shape index (κ1) is 15.3. The van der Waals surface area contributed by atoms with Gasteiger partial charge in [0, 0.05) is 13.1 Å². The zero-order valence-electron chi connectivity index (χ0n) is 9.25. The minimum atomic E-state index is 0. The fourth-order valence-corrected chi connectivity index (χ4v) is 1.19. The van der Waals surface area contributed by atoms with Crippen LogP contribution in [0.4, 0.5) is 0 Å². The van der Waals surface area contributed by atoms with E-state index in [0.717, 1.165) is 0 Å². The van der Waals surface area contributed by atoms with Gasteiger partial charge in [0.2, 0.25) is 0 Å². The van der Waals surface area contributed by atoms with E-state index in [1.54, 1.807) is 0 Å². The number of nitrogens with zero attached hydrogens (tertiary/aromatic N) is 1. The first-order chi connectivity index (χ1) is 5.85. The molecule has 0 heterocycles. The highest BCUT2D eigenvalue weighted by Gasteiger charge is 1.95. The number of hydrogen-bond donors (Lipinski definition) is 0. The highest BCUT2D eigenvalue weighted by Crippen LogP contribution is 1.99.